The molecule has 146 valence electrons. The van der Waals surface area contributed by atoms with Crippen LogP contribution >= 0.6 is 12.4 Å². The number of nitrogens with one attached hydrogen (secondary N) is 2. The third-order valence-corrected chi connectivity index (χ3v) is 5.15. The molecule has 1 saturated heterocycles. The number of benzene rings is 1. The van der Waals surface area contributed by atoms with E-state index in [1.165, 1.54) is 5.56 Å². The zero-order chi connectivity index (χ0) is 18.4. The second-order valence-corrected chi connectivity index (χ2v) is 6.96. The molecule has 2 aromatic rings. The van der Waals surface area contributed by atoms with E-state index < -0.39 is 0 Å². The van der Waals surface area contributed by atoms with Crippen LogP contribution < -0.4 is 10.6 Å². The van der Waals surface area contributed by atoms with Gasteiger partial charge in [0.05, 0.1) is 6.54 Å². The van der Waals surface area contributed by atoms with Crippen molar-refractivity contribution >= 4 is 24.0 Å². The zero-order valence-electron chi connectivity index (χ0n) is 16.0. The van der Waals surface area contributed by atoms with Gasteiger partial charge in [-0.05, 0) is 41.7 Å². The molecule has 1 aromatic carbocycles. The molecule has 6 heteroatoms. The summed E-state index contributed by atoms with van der Waals surface area (Å²) in [6, 6.07) is 12.4. The number of amides is 1. The van der Waals surface area contributed by atoms with Crippen LogP contribution in [0.5, 0.6) is 0 Å². The summed E-state index contributed by atoms with van der Waals surface area (Å²) in [5, 5.41) is 6.44. The zero-order valence-corrected chi connectivity index (χ0v) is 16.8. The molecule has 0 saturated carbocycles. The van der Waals surface area contributed by atoms with Gasteiger partial charge in [0.2, 0.25) is 5.91 Å². The van der Waals surface area contributed by atoms with E-state index in [1.807, 2.05) is 24.4 Å². The lowest BCUT2D eigenvalue weighted by atomic mass is 9.99. The molecule has 1 aliphatic rings. The highest BCUT2D eigenvalue weighted by Crippen LogP contribution is 2.22. The van der Waals surface area contributed by atoms with Gasteiger partial charge in [0.1, 0.15) is 0 Å². The van der Waals surface area contributed by atoms with Crippen molar-refractivity contribution in [3.8, 4) is 0 Å². The molecule has 1 fully saturated rings. The highest BCUT2D eigenvalue weighted by molar-refractivity contribution is 5.92. The Hall–Kier alpha value is -1.95. The normalized spacial score (nSPS) is 18.4. The van der Waals surface area contributed by atoms with E-state index in [0.717, 1.165) is 37.3 Å². The molecule has 1 aromatic heterocycles. The summed E-state index contributed by atoms with van der Waals surface area (Å²) in [6.07, 6.45) is 4.78. The summed E-state index contributed by atoms with van der Waals surface area (Å²) < 4.78 is 0. The average molecular weight is 389 g/mol. The van der Waals surface area contributed by atoms with Crippen LogP contribution in [0, 0.1) is 0 Å². The van der Waals surface area contributed by atoms with Gasteiger partial charge in [-0.3, -0.25) is 14.7 Å². The van der Waals surface area contributed by atoms with Gasteiger partial charge in [-0.25, -0.2) is 0 Å². The van der Waals surface area contributed by atoms with Crippen molar-refractivity contribution in [2.75, 3.05) is 31.5 Å². The lowest BCUT2D eigenvalue weighted by Crippen LogP contribution is -2.48. The average Bonchev–Trinajstić information content (AvgIpc) is 2.69. The third-order valence-electron chi connectivity index (χ3n) is 5.15. The minimum atomic E-state index is 0. The topological polar surface area (TPSA) is 57.3 Å². The Morgan fingerprint density at radius 2 is 2.11 bits per heavy atom. The first-order chi connectivity index (χ1) is 12.7. The maximum Gasteiger partial charge on any atom is 0.238 e. The molecule has 1 amide bonds. The van der Waals surface area contributed by atoms with Gasteiger partial charge in [-0.1, -0.05) is 32.0 Å². The quantitative estimate of drug-likeness (QED) is 0.793. The maximum absolute atomic E-state index is 12.5. The Morgan fingerprint density at radius 3 is 2.78 bits per heavy atom. The number of piperazine rings is 1. The fourth-order valence-electron chi connectivity index (χ4n) is 3.35. The largest absolute Gasteiger partial charge is 0.325 e. The molecule has 2 N–H and O–H groups in total. The number of rotatable bonds is 6. The monoisotopic (exact) mass is 388 g/mol. The van der Waals surface area contributed by atoms with E-state index >= 15 is 0 Å². The van der Waals surface area contributed by atoms with Gasteiger partial charge in [0.15, 0.2) is 0 Å². The van der Waals surface area contributed by atoms with Crippen molar-refractivity contribution in [2.45, 2.75) is 32.2 Å². The van der Waals surface area contributed by atoms with Gasteiger partial charge in [-0.15, -0.1) is 12.4 Å². The highest BCUT2D eigenvalue weighted by Gasteiger charge is 2.25. The third kappa shape index (κ3) is 5.76. The Kier molecular flexibility index (Phi) is 8.23. The maximum atomic E-state index is 12.5. The summed E-state index contributed by atoms with van der Waals surface area (Å²) in [5.41, 5.74) is 3.31. The highest BCUT2D eigenvalue weighted by atomic mass is 35.5. The van der Waals surface area contributed by atoms with Crippen molar-refractivity contribution < 1.29 is 4.79 Å². The van der Waals surface area contributed by atoms with Crippen LogP contribution in [0.2, 0.25) is 0 Å². The van der Waals surface area contributed by atoms with Crippen LogP contribution in [0.1, 0.15) is 43.4 Å². The second-order valence-electron chi connectivity index (χ2n) is 6.96. The molecular weight excluding hydrogens is 360 g/mol. The number of aromatic nitrogens is 1. The van der Waals surface area contributed by atoms with E-state index in [1.54, 1.807) is 6.20 Å². The minimum Gasteiger partial charge on any atom is -0.325 e. The number of nitrogens with zero attached hydrogens (tertiary/aromatic N) is 2. The van der Waals surface area contributed by atoms with Crippen molar-refractivity contribution in [3.05, 3.63) is 59.9 Å². The molecule has 0 aliphatic carbocycles. The summed E-state index contributed by atoms with van der Waals surface area (Å²) in [4.78, 5) is 19.0. The molecule has 1 aliphatic heterocycles. The molecular formula is C21H29ClN4O. The second kappa shape index (κ2) is 10.4. The summed E-state index contributed by atoms with van der Waals surface area (Å²) in [5.74, 6) is 0.568. The number of hydrogen-bond donors (Lipinski definition) is 2. The number of carbonyl (C=O) groups excluding carboxylic acids is 1. The van der Waals surface area contributed by atoms with E-state index in [-0.39, 0.29) is 24.4 Å². The van der Waals surface area contributed by atoms with Crippen LogP contribution in [0.3, 0.4) is 0 Å². The molecule has 2 heterocycles. The van der Waals surface area contributed by atoms with Crippen LogP contribution in [-0.2, 0) is 4.79 Å². The molecule has 0 bridgehead atoms. The number of carbonyl (C=O) groups is 1. The Bertz CT molecular complexity index is 708. The number of hydrogen-bond acceptors (Lipinski definition) is 4. The number of halogens is 1. The SMILES string of the molecule is CCC(C)c1ccc(NC(=O)CN2CCNCC2c2cccnc2)cc1.Cl. The molecule has 2 atom stereocenters. The Labute approximate surface area is 168 Å². The summed E-state index contributed by atoms with van der Waals surface area (Å²) in [6.45, 7) is 7.37. The first-order valence-electron chi connectivity index (χ1n) is 9.42. The van der Waals surface area contributed by atoms with E-state index in [4.69, 9.17) is 0 Å². The predicted molar refractivity (Wildman–Crippen MR) is 112 cm³/mol. The number of anilines is 1. The van der Waals surface area contributed by atoms with Crippen LogP contribution in [0.15, 0.2) is 48.8 Å². The lowest BCUT2D eigenvalue weighted by Gasteiger charge is -2.35. The van der Waals surface area contributed by atoms with Crippen LogP contribution in [0.4, 0.5) is 5.69 Å². The van der Waals surface area contributed by atoms with Crippen molar-refractivity contribution in [2.24, 2.45) is 0 Å². The first kappa shape index (κ1) is 21.4. The summed E-state index contributed by atoms with van der Waals surface area (Å²) >= 11 is 0. The van der Waals surface area contributed by atoms with Crippen molar-refractivity contribution in [1.82, 2.24) is 15.2 Å². The molecule has 0 radical (unpaired) electrons. The first-order valence-corrected chi connectivity index (χ1v) is 9.42. The molecule has 3 rings (SSSR count). The van der Waals surface area contributed by atoms with E-state index in [0.29, 0.717) is 12.5 Å². The smallest absolute Gasteiger partial charge is 0.238 e. The van der Waals surface area contributed by atoms with Crippen LogP contribution in [0.25, 0.3) is 0 Å². The van der Waals surface area contributed by atoms with Gasteiger partial charge >= 0.3 is 0 Å². The fourth-order valence-corrected chi connectivity index (χ4v) is 3.35. The van der Waals surface area contributed by atoms with Crippen molar-refractivity contribution in [1.29, 1.82) is 0 Å². The van der Waals surface area contributed by atoms with Gasteiger partial charge in [-0.2, -0.15) is 0 Å². The Balaban J connectivity index is 0.00000261. The molecule has 0 spiro atoms. The molecule has 5 nitrogen and oxygen atoms in total. The Morgan fingerprint density at radius 1 is 1.33 bits per heavy atom. The lowest BCUT2D eigenvalue weighted by molar-refractivity contribution is -0.118. The fraction of sp³-hybridized carbons (Fsp3) is 0.429. The van der Waals surface area contributed by atoms with Gasteiger partial charge in [0.25, 0.3) is 0 Å². The van der Waals surface area contributed by atoms with Gasteiger partial charge in [0, 0.05) is 43.8 Å². The van der Waals surface area contributed by atoms with Gasteiger partial charge < -0.3 is 10.6 Å². The minimum absolute atomic E-state index is 0. The number of pyridine rings is 1. The van der Waals surface area contributed by atoms with Crippen LogP contribution in [-0.4, -0.2) is 42.0 Å². The van der Waals surface area contributed by atoms with Crippen molar-refractivity contribution in [3.63, 3.8) is 0 Å². The molecule has 27 heavy (non-hydrogen) atoms. The van der Waals surface area contributed by atoms with E-state index in [2.05, 4.69) is 52.6 Å². The predicted octanol–water partition coefficient (Wildman–Crippen LogP) is 3.60. The molecule has 2 unspecified atom stereocenters. The summed E-state index contributed by atoms with van der Waals surface area (Å²) in [7, 11) is 0. The van der Waals surface area contributed by atoms with E-state index in [9.17, 15) is 4.79 Å². The standard InChI is InChI=1S/C21H28N4O.ClH/c1-3-16(2)17-6-8-19(9-7-17)24-21(26)15-25-12-11-23-14-20(25)18-5-4-10-22-13-18;/h4-10,13,16,20,23H,3,11-12,14-15H2,1-2H3,(H,24,26);1H.